The second-order valence-electron chi connectivity index (χ2n) is 7.57. The Morgan fingerprint density at radius 3 is 2.45 bits per heavy atom. The molecule has 0 aromatic rings. The maximum Gasteiger partial charge on any atom is 0.242 e. The topological polar surface area (TPSA) is 49.6 Å². The predicted molar refractivity (Wildman–Crippen MR) is 91.7 cm³/mol. The molecule has 1 saturated carbocycles. The lowest BCUT2D eigenvalue weighted by Gasteiger charge is -2.40. The van der Waals surface area contributed by atoms with E-state index in [1.165, 1.54) is 32.4 Å². The molecular weight excluding hydrogens is 274 g/mol. The van der Waals surface area contributed by atoms with Gasteiger partial charge in [-0.2, -0.15) is 0 Å². The summed E-state index contributed by atoms with van der Waals surface area (Å²) in [5, 5.41) is 0. The Morgan fingerprint density at radius 1 is 1.23 bits per heavy atom. The maximum absolute atomic E-state index is 12.7. The van der Waals surface area contributed by atoms with Crippen molar-refractivity contribution in [2.45, 2.75) is 70.3 Å². The molecule has 1 amide bonds. The molecule has 128 valence electrons. The van der Waals surface area contributed by atoms with Crippen LogP contribution >= 0.6 is 0 Å². The van der Waals surface area contributed by atoms with Crippen LogP contribution in [0.1, 0.15) is 64.7 Å². The van der Waals surface area contributed by atoms with Crippen molar-refractivity contribution in [3.05, 3.63) is 0 Å². The molecule has 4 nitrogen and oxygen atoms in total. The van der Waals surface area contributed by atoms with Gasteiger partial charge in [0.15, 0.2) is 0 Å². The van der Waals surface area contributed by atoms with Crippen LogP contribution in [0.2, 0.25) is 0 Å². The first-order valence-corrected chi connectivity index (χ1v) is 9.32. The number of hydrogen-bond donors (Lipinski definition) is 1. The van der Waals surface area contributed by atoms with Gasteiger partial charge in [0.05, 0.1) is 5.54 Å². The van der Waals surface area contributed by atoms with E-state index in [4.69, 9.17) is 5.73 Å². The van der Waals surface area contributed by atoms with Crippen molar-refractivity contribution in [2.75, 3.05) is 33.2 Å². The first kappa shape index (κ1) is 17.7. The predicted octanol–water partition coefficient (Wildman–Crippen LogP) is 2.62. The summed E-state index contributed by atoms with van der Waals surface area (Å²) in [5.74, 6) is 0.968. The molecule has 0 atom stereocenters. The van der Waals surface area contributed by atoms with E-state index >= 15 is 0 Å². The summed E-state index contributed by atoms with van der Waals surface area (Å²) in [4.78, 5) is 17.2. The average molecular weight is 309 g/mol. The highest BCUT2D eigenvalue weighted by molar-refractivity contribution is 5.86. The summed E-state index contributed by atoms with van der Waals surface area (Å²) in [6.45, 7) is 6.43. The molecule has 0 unspecified atom stereocenters. The molecule has 0 bridgehead atoms. The van der Waals surface area contributed by atoms with E-state index in [1.807, 2.05) is 4.90 Å². The Morgan fingerprint density at radius 2 is 1.86 bits per heavy atom. The van der Waals surface area contributed by atoms with Gasteiger partial charge in [0.1, 0.15) is 0 Å². The fourth-order valence-electron chi connectivity index (χ4n) is 3.99. The van der Waals surface area contributed by atoms with Crippen molar-refractivity contribution < 1.29 is 4.79 Å². The fourth-order valence-corrected chi connectivity index (χ4v) is 3.99. The summed E-state index contributed by atoms with van der Waals surface area (Å²) in [6, 6.07) is 0. The van der Waals surface area contributed by atoms with Gasteiger partial charge < -0.3 is 15.5 Å². The third kappa shape index (κ3) is 4.69. The van der Waals surface area contributed by atoms with Gasteiger partial charge in [-0.3, -0.25) is 4.79 Å². The van der Waals surface area contributed by atoms with Crippen molar-refractivity contribution in [3.63, 3.8) is 0 Å². The van der Waals surface area contributed by atoms with E-state index in [0.29, 0.717) is 0 Å². The smallest absolute Gasteiger partial charge is 0.242 e. The third-order valence-corrected chi connectivity index (χ3v) is 5.54. The summed E-state index contributed by atoms with van der Waals surface area (Å²) in [7, 11) is 2.23. The Labute approximate surface area is 136 Å². The molecule has 2 rings (SSSR count). The van der Waals surface area contributed by atoms with Crippen LogP contribution < -0.4 is 5.73 Å². The first-order valence-electron chi connectivity index (χ1n) is 9.32. The second kappa shape index (κ2) is 8.30. The van der Waals surface area contributed by atoms with Crippen LogP contribution in [0.5, 0.6) is 0 Å². The van der Waals surface area contributed by atoms with Crippen molar-refractivity contribution in [1.29, 1.82) is 0 Å². The molecule has 1 aliphatic heterocycles. The summed E-state index contributed by atoms with van der Waals surface area (Å²) in [5.41, 5.74) is 5.85. The zero-order chi connectivity index (χ0) is 16.0. The lowest BCUT2D eigenvalue weighted by atomic mass is 9.81. The Kier molecular flexibility index (Phi) is 6.69. The van der Waals surface area contributed by atoms with Crippen LogP contribution in [-0.4, -0.2) is 54.5 Å². The Bertz CT molecular complexity index is 344. The van der Waals surface area contributed by atoms with E-state index in [-0.39, 0.29) is 5.91 Å². The largest absolute Gasteiger partial charge is 0.341 e. The third-order valence-electron chi connectivity index (χ3n) is 5.54. The Hall–Kier alpha value is -0.610. The molecule has 22 heavy (non-hydrogen) atoms. The summed E-state index contributed by atoms with van der Waals surface area (Å²) < 4.78 is 0. The molecule has 2 fully saturated rings. The number of carbonyl (C=O) groups is 1. The maximum atomic E-state index is 12.7. The van der Waals surface area contributed by atoms with Crippen LogP contribution in [0.15, 0.2) is 0 Å². The number of carbonyl (C=O) groups excluding carboxylic acids is 1. The monoisotopic (exact) mass is 309 g/mol. The molecular formula is C18H35N3O. The SMILES string of the molecule is CCCCN(C)CC1CCN(C(=O)C2(N)CCCCC2)CC1. The summed E-state index contributed by atoms with van der Waals surface area (Å²) in [6.07, 6.45) is 10.0. The van der Waals surface area contributed by atoms with Crippen LogP contribution in [-0.2, 0) is 4.79 Å². The normalized spacial score (nSPS) is 23.0. The number of amides is 1. The van der Waals surface area contributed by atoms with Crippen molar-refractivity contribution >= 4 is 5.91 Å². The zero-order valence-electron chi connectivity index (χ0n) is 14.6. The average Bonchev–Trinajstić information content (AvgIpc) is 2.53. The van der Waals surface area contributed by atoms with Gasteiger partial charge in [-0.1, -0.05) is 32.6 Å². The minimum absolute atomic E-state index is 0.227. The van der Waals surface area contributed by atoms with E-state index < -0.39 is 5.54 Å². The van der Waals surface area contributed by atoms with Crippen molar-refractivity contribution in [2.24, 2.45) is 11.7 Å². The number of nitrogens with zero attached hydrogens (tertiary/aromatic N) is 2. The van der Waals surface area contributed by atoms with Crippen molar-refractivity contribution in [3.8, 4) is 0 Å². The van der Waals surface area contributed by atoms with Crippen LogP contribution in [0.4, 0.5) is 0 Å². The number of unbranched alkanes of at least 4 members (excludes halogenated alkanes) is 1. The molecule has 2 aliphatic rings. The van der Waals surface area contributed by atoms with Gasteiger partial charge in [-0.05, 0) is 51.6 Å². The minimum atomic E-state index is -0.553. The molecule has 1 saturated heterocycles. The molecule has 4 heteroatoms. The highest BCUT2D eigenvalue weighted by Crippen LogP contribution is 2.29. The molecule has 0 spiro atoms. The lowest BCUT2D eigenvalue weighted by molar-refractivity contribution is -0.139. The molecule has 0 aromatic heterocycles. The minimum Gasteiger partial charge on any atom is -0.341 e. The standard InChI is InChI=1S/C18H35N3O/c1-3-4-12-20(2)15-16-8-13-21(14-9-16)17(22)18(19)10-6-5-7-11-18/h16H,3-15,19H2,1-2H3. The zero-order valence-corrected chi connectivity index (χ0v) is 14.6. The van der Waals surface area contributed by atoms with E-state index in [2.05, 4.69) is 18.9 Å². The highest BCUT2D eigenvalue weighted by atomic mass is 16.2. The van der Waals surface area contributed by atoms with Crippen LogP contribution in [0, 0.1) is 5.92 Å². The fraction of sp³-hybridized carbons (Fsp3) is 0.944. The molecule has 0 radical (unpaired) electrons. The second-order valence-corrected chi connectivity index (χ2v) is 7.57. The number of likely N-dealkylation sites (tertiary alicyclic amines) is 1. The van der Waals surface area contributed by atoms with Crippen LogP contribution in [0.25, 0.3) is 0 Å². The quantitative estimate of drug-likeness (QED) is 0.820. The molecule has 0 aromatic carbocycles. The summed E-state index contributed by atoms with van der Waals surface area (Å²) >= 11 is 0. The van der Waals surface area contributed by atoms with Crippen molar-refractivity contribution in [1.82, 2.24) is 9.80 Å². The van der Waals surface area contributed by atoms with Gasteiger partial charge in [0.25, 0.3) is 0 Å². The van der Waals surface area contributed by atoms with Gasteiger partial charge in [0, 0.05) is 19.6 Å². The Balaban J connectivity index is 1.75. The number of nitrogens with two attached hydrogens (primary N) is 1. The molecule has 1 aliphatic carbocycles. The number of piperidine rings is 1. The number of rotatable bonds is 6. The van der Waals surface area contributed by atoms with E-state index in [9.17, 15) is 4.79 Å². The molecule has 2 N–H and O–H groups in total. The van der Waals surface area contributed by atoms with E-state index in [0.717, 1.165) is 57.5 Å². The van der Waals surface area contributed by atoms with E-state index in [1.54, 1.807) is 0 Å². The van der Waals surface area contributed by atoms with Gasteiger partial charge in [-0.25, -0.2) is 0 Å². The van der Waals surface area contributed by atoms with Gasteiger partial charge >= 0.3 is 0 Å². The lowest BCUT2D eigenvalue weighted by Crippen LogP contribution is -2.57. The molecule has 1 heterocycles. The number of hydrogen-bond acceptors (Lipinski definition) is 3. The first-order chi connectivity index (χ1) is 10.5. The van der Waals surface area contributed by atoms with Crippen LogP contribution in [0.3, 0.4) is 0 Å². The van der Waals surface area contributed by atoms with Gasteiger partial charge in [0.2, 0.25) is 5.91 Å². The highest BCUT2D eigenvalue weighted by Gasteiger charge is 2.39. The van der Waals surface area contributed by atoms with Gasteiger partial charge in [-0.15, -0.1) is 0 Å².